The van der Waals surface area contributed by atoms with Gasteiger partial charge in [0.25, 0.3) is 0 Å². The maximum atomic E-state index is 12.3. The number of hydrogen-bond donors (Lipinski definition) is 2. The number of unbranched alkanes of at least 4 members (excludes halogenated alkanes) is 2. The molecule has 1 amide bonds. The molecule has 1 aromatic carbocycles. The van der Waals surface area contributed by atoms with Gasteiger partial charge in [0, 0.05) is 11.4 Å². The highest BCUT2D eigenvalue weighted by atomic mass is 32.2. The number of amides is 1. The van der Waals surface area contributed by atoms with Gasteiger partial charge in [-0.3, -0.25) is 9.00 Å². The minimum atomic E-state index is -1.49. The zero-order valence-corrected chi connectivity index (χ0v) is 13.1. The minimum absolute atomic E-state index is 0.132. The quantitative estimate of drug-likeness (QED) is 0.721. The van der Waals surface area contributed by atoms with Crippen molar-refractivity contribution in [1.82, 2.24) is 5.32 Å². The number of carbonyl (C=O) groups is 2. The van der Waals surface area contributed by atoms with E-state index in [-0.39, 0.29) is 11.5 Å². The van der Waals surface area contributed by atoms with E-state index in [0.29, 0.717) is 11.4 Å². The van der Waals surface area contributed by atoms with Crippen molar-refractivity contribution in [3.63, 3.8) is 0 Å². The van der Waals surface area contributed by atoms with Crippen LogP contribution in [0.5, 0.6) is 0 Å². The molecule has 0 heterocycles. The van der Waals surface area contributed by atoms with E-state index in [0.717, 1.165) is 19.3 Å². The maximum absolute atomic E-state index is 12.3. The highest BCUT2D eigenvalue weighted by Gasteiger charge is 2.21. The second-order valence-electron chi connectivity index (χ2n) is 4.77. The van der Waals surface area contributed by atoms with Crippen LogP contribution in [0.15, 0.2) is 29.2 Å². The summed E-state index contributed by atoms with van der Waals surface area (Å²) in [5.74, 6) is -1.28. The van der Waals surface area contributed by atoms with E-state index in [1.165, 1.54) is 24.3 Å². The third-order valence-corrected chi connectivity index (χ3v) is 4.70. The molecule has 0 saturated carbocycles. The number of hydrogen-bond acceptors (Lipinski definition) is 3. The van der Waals surface area contributed by atoms with Gasteiger partial charge < -0.3 is 10.4 Å². The first kappa shape index (κ1) is 17.4. The fourth-order valence-electron chi connectivity index (χ4n) is 1.76. The van der Waals surface area contributed by atoms with Crippen molar-refractivity contribution in [2.75, 3.05) is 6.54 Å². The molecule has 0 bridgehead atoms. The fourth-order valence-corrected chi connectivity index (χ4v) is 2.85. The smallest absolute Gasteiger partial charge is 0.335 e. The molecule has 2 N–H and O–H groups in total. The second kappa shape index (κ2) is 8.56. The summed E-state index contributed by atoms with van der Waals surface area (Å²) >= 11 is 0. The Bertz CT molecular complexity index is 513. The van der Waals surface area contributed by atoms with Crippen LogP contribution < -0.4 is 5.32 Å². The van der Waals surface area contributed by atoms with Crippen molar-refractivity contribution in [2.45, 2.75) is 43.3 Å². The lowest BCUT2D eigenvalue weighted by atomic mass is 10.2. The lowest BCUT2D eigenvalue weighted by molar-refractivity contribution is -0.120. The number of rotatable bonds is 8. The summed E-state index contributed by atoms with van der Waals surface area (Å²) in [4.78, 5) is 23.1. The number of benzene rings is 1. The van der Waals surface area contributed by atoms with Gasteiger partial charge in [-0.1, -0.05) is 19.8 Å². The van der Waals surface area contributed by atoms with Crippen LogP contribution in [0.25, 0.3) is 0 Å². The van der Waals surface area contributed by atoms with Crippen molar-refractivity contribution in [2.24, 2.45) is 0 Å². The van der Waals surface area contributed by atoms with E-state index < -0.39 is 22.0 Å². The Morgan fingerprint density at radius 3 is 2.38 bits per heavy atom. The number of carbonyl (C=O) groups excluding carboxylic acids is 1. The molecule has 0 aliphatic rings. The van der Waals surface area contributed by atoms with Crippen molar-refractivity contribution >= 4 is 22.7 Å². The molecule has 5 nitrogen and oxygen atoms in total. The van der Waals surface area contributed by atoms with Crippen molar-refractivity contribution in [3.05, 3.63) is 29.8 Å². The Labute approximate surface area is 127 Å². The first-order valence-electron chi connectivity index (χ1n) is 6.99. The zero-order valence-electron chi connectivity index (χ0n) is 12.3. The second-order valence-corrected chi connectivity index (χ2v) is 6.54. The van der Waals surface area contributed by atoms with Crippen LogP contribution in [0.3, 0.4) is 0 Å². The molecule has 0 aliphatic carbocycles. The molecule has 2 atom stereocenters. The summed E-state index contributed by atoms with van der Waals surface area (Å²) < 4.78 is 12.3. The number of carboxylic acid groups (broad SMARTS) is 1. The Hall–Kier alpha value is -1.69. The van der Waals surface area contributed by atoms with Gasteiger partial charge in [0.1, 0.15) is 5.25 Å². The fraction of sp³-hybridized carbons (Fsp3) is 0.467. The van der Waals surface area contributed by atoms with E-state index in [9.17, 15) is 13.8 Å². The molecule has 2 unspecified atom stereocenters. The summed E-state index contributed by atoms with van der Waals surface area (Å²) in [7, 11) is -1.49. The predicted molar refractivity (Wildman–Crippen MR) is 81.8 cm³/mol. The predicted octanol–water partition coefficient (Wildman–Crippen LogP) is 2.19. The lowest BCUT2D eigenvalue weighted by Crippen LogP contribution is -2.36. The molecule has 1 aromatic rings. The molecule has 116 valence electrons. The van der Waals surface area contributed by atoms with Gasteiger partial charge in [-0.05, 0) is 37.6 Å². The Balaban J connectivity index is 2.60. The number of aromatic carboxylic acids is 1. The molecule has 1 rings (SSSR count). The maximum Gasteiger partial charge on any atom is 0.335 e. The van der Waals surface area contributed by atoms with E-state index in [2.05, 4.69) is 12.2 Å². The van der Waals surface area contributed by atoms with Gasteiger partial charge >= 0.3 is 5.97 Å². The monoisotopic (exact) mass is 311 g/mol. The van der Waals surface area contributed by atoms with Gasteiger partial charge in [0.05, 0.1) is 16.4 Å². The van der Waals surface area contributed by atoms with E-state index >= 15 is 0 Å². The standard InChI is InChI=1S/C15H21NO4S/c1-3-4-5-10-16-14(17)11(2)21(20)13-8-6-12(7-9-13)15(18)19/h6-9,11H,3-5,10H2,1-2H3,(H,16,17)(H,18,19). The van der Waals surface area contributed by atoms with Crippen LogP contribution in [0, 0.1) is 0 Å². The highest BCUT2D eigenvalue weighted by Crippen LogP contribution is 2.13. The molecule has 0 fully saturated rings. The molecule has 21 heavy (non-hydrogen) atoms. The van der Waals surface area contributed by atoms with Crippen LogP contribution in [0.4, 0.5) is 0 Å². The summed E-state index contributed by atoms with van der Waals surface area (Å²) in [6.07, 6.45) is 3.04. The first-order valence-corrected chi connectivity index (χ1v) is 8.20. The molecule has 0 radical (unpaired) electrons. The van der Waals surface area contributed by atoms with Crippen molar-refractivity contribution in [1.29, 1.82) is 0 Å². The first-order chi connectivity index (χ1) is 9.97. The van der Waals surface area contributed by atoms with Gasteiger partial charge in [-0.2, -0.15) is 0 Å². The van der Waals surface area contributed by atoms with E-state index in [1.54, 1.807) is 6.92 Å². The Kier molecular flexibility index (Phi) is 7.08. The summed E-state index contributed by atoms with van der Waals surface area (Å²) in [6, 6.07) is 5.75. The third kappa shape index (κ3) is 5.30. The van der Waals surface area contributed by atoms with Crippen molar-refractivity contribution < 1.29 is 18.9 Å². The molecule has 6 heteroatoms. The van der Waals surface area contributed by atoms with Crippen LogP contribution in [0.1, 0.15) is 43.5 Å². The molecule has 0 aliphatic heterocycles. The van der Waals surface area contributed by atoms with Gasteiger partial charge in [-0.15, -0.1) is 0 Å². The van der Waals surface area contributed by atoms with E-state index in [4.69, 9.17) is 5.11 Å². The summed E-state index contributed by atoms with van der Waals surface area (Å²) in [5, 5.41) is 10.9. The molecule has 0 spiro atoms. The third-order valence-electron chi connectivity index (χ3n) is 3.10. The normalized spacial score (nSPS) is 13.4. The molecular weight excluding hydrogens is 290 g/mol. The zero-order chi connectivity index (χ0) is 15.8. The van der Waals surface area contributed by atoms with Gasteiger partial charge in [0.2, 0.25) is 5.91 Å². The van der Waals surface area contributed by atoms with E-state index in [1.807, 2.05) is 0 Å². The van der Waals surface area contributed by atoms with Crippen molar-refractivity contribution in [3.8, 4) is 0 Å². The highest BCUT2D eigenvalue weighted by molar-refractivity contribution is 7.86. The Morgan fingerprint density at radius 2 is 1.86 bits per heavy atom. The summed E-state index contributed by atoms with van der Waals surface area (Å²) in [5.41, 5.74) is 0.132. The van der Waals surface area contributed by atoms with Gasteiger partial charge in [0.15, 0.2) is 0 Å². The number of carboxylic acids is 1. The van der Waals surface area contributed by atoms with Crippen LogP contribution in [-0.4, -0.2) is 33.0 Å². The average molecular weight is 311 g/mol. The van der Waals surface area contributed by atoms with Crippen LogP contribution >= 0.6 is 0 Å². The van der Waals surface area contributed by atoms with Crippen LogP contribution in [-0.2, 0) is 15.6 Å². The van der Waals surface area contributed by atoms with Crippen LogP contribution in [0.2, 0.25) is 0 Å². The molecule has 0 saturated heterocycles. The molecule has 0 aromatic heterocycles. The minimum Gasteiger partial charge on any atom is -0.478 e. The average Bonchev–Trinajstić information content (AvgIpc) is 2.50. The topological polar surface area (TPSA) is 83.5 Å². The Morgan fingerprint density at radius 1 is 1.24 bits per heavy atom. The molecular formula is C15H21NO4S. The van der Waals surface area contributed by atoms with Gasteiger partial charge in [-0.25, -0.2) is 4.79 Å². The SMILES string of the molecule is CCCCCNC(=O)C(C)S(=O)c1ccc(C(=O)O)cc1. The lowest BCUT2D eigenvalue weighted by Gasteiger charge is -2.12. The number of nitrogens with one attached hydrogen (secondary N) is 1. The summed E-state index contributed by atoms with van der Waals surface area (Å²) in [6.45, 7) is 4.28. The largest absolute Gasteiger partial charge is 0.478 e.